The van der Waals surface area contributed by atoms with E-state index in [1.165, 1.54) is 10.7 Å². The molecule has 0 radical (unpaired) electrons. The average Bonchev–Trinajstić information content (AvgIpc) is 2.20. The summed E-state index contributed by atoms with van der Waals surface area (Å²) in [5.74, 6) is 0.492. The van der Waals surface area contributed by atoms with Crippen molar-refractivity contribution in [2.75, 3.05) is 19.3 Å². The lowest BCUT2D eigenvalue weighted by Gasteiger charge is -2.30. The minimum absolute atomic E-state index is 0.239. The molecule has 2 N–H and O–H groups in total. The van der Waals surface area contributed by atoms with Crippen LogP contribution in [0.2, 0.25) is 0 Å². The van der Waals surface area contributed by atoms with Crippen LogP contribution in [0, 0.1) is 5.92 Å². The normalized spacial score (nSPS) is 16.6. The Hall–Kier alpha value is -0.110. The predicted octanol–water partition coefficient (Wildman–Crippen LogP) is 3.21. The van der Waals surface area contributed by atoms with Crippen molar-refractivity contribution in [3.05, 3.63) is 21.1 Å². The van der Waals surface area contributed by atoms with Crippen LogP contribution < -0.4 is 5.73 Å². The van der Waals surface area contributed by atoms with E-state index in [1.807, 2.05) is 0 Å². The van der Waals surface area contributed by atoms with Gasteiger partial charge in [0.1, 0.15) is 4.90 Å². The summed E-state index contributed by atoms with van der Waals surface area (Å²) in [6.45, 7) is 0.575. The molecule has 1 saturated carbocycles. The van der Waals surface area contributed by atoms with Crippen LogP contribution in [0.15, 0.2) is 26.0 Å². The number of halogens is 2. The van der Waals surface area contributed by atoms with Gasteiger partial charge in [0.2, 0.25) is 10.0 Å². The van der Waals surface area contributed by atoms with Crippen molar-refractivity contribution in [3.8, 4) is 0 Å². The summed E-state index contributed by atoms with van der Waals surface area (Å²) >= 11 is 6.57. The van der Waals surface area contributed by atoms with Gasteiger partial charge in [-0.3, -0.25) is 0 Å². The Morgan fingerprint density at radius 1 is 1.32 bits per heavy atom. The molecule has 0 amide bonds. The second kappa shape index (κ2) is 5.71. The predicted molar refractivity (Wildman–Crippen MR) is 83.4 cm³/mol. The molecule has 1 aliphatic rings. The van der Waals surface area contributed by atoms with Gasteiger partial charge in [-0.2, -0.15) is 0 Å². The van der Waals surface area contributed by atoms with Gasteiger partial charge in [0.15, 0.2) is 0 Å². The van der Waals surface area contributed by atoms with Gasteiger partial charge in [-0.25, -0.2) is 12.7 Å². The molecule has 0 aromatic heterocycles. The molecule has 0 atom stereocenters. The third kappa shape index (κ3) is 3.15. The largest absolute Gasteiger partial charge is 0.399 e. The van der Waals surface area contributed by atoms with Crippen molar-refractivity contribution in [2.24, 2.45) is 5.92 Å². The Morgan fingerprint density at radius 3 is 2.26 bits per heavy atom. The molecule has 0 unspecified atom stereocenters. The van der Waals surface area contributed by atoms with Gasteiger partial charge >= 0.3 is 0 Å². The molecule has 7 heteroatoms. The van der Waals surface area contributed by atoms with E-state index in [0.29, 0.717) is 27.1 Å². The van der Waals surface area contributed by atoms with Crippen LogP contribution in [0.4, 0.5) is 5.69 Å². The van der Waals surface area contributed by atoms with Crippen LogP contribution >= 0.6 is 31.9 Å². The molecule has 19 heavy (non-hydrogen) atoms. The van der Waals surface area contributed by atoms with Crippen molar-refractivity contribution in [2.45, 2.75) is 24.2 Å². The number of nitrogens with zero attached hydrogens (tertiary/aromatic N) is 1. The van der Waals surface area contributed by atoms with E-state index in [4.69, 9.17) is 5.73 Å². The fourth-order valence-corrected chi connectivity index (χ4v) is 5.90. The number of nitrogen functional groups attached to an aromatic ring is 1. The first-order valence-corrected chi connectivity index (χ1v) is 9.06. The van der Waals surface area contributed by atoms with Crippen LogP contribution in [0.5, 0.6) is 0 Å². The van der Waals surface area contributed by atoms with Gasteiger partial charge in [-0.1, -0.05) is 6.42 Å². The minimum atomic E-state index is -3.50. The summed E-state index contributed by atoms with van der Waals surface area (Å²) in [5.41, 5.74) is 6.20. The summed E-state index contributed by atoms with van der Waals surface area (Å²) in [5, 5.41) is 0. The first-order chi connectivity index (χ1) is 8.82. The number of benzene rings is 1. The lowest BCUT2D eigenvalue weighted by atomic mass is 9.86. The maximum atomic E-state index is 12.6. The standard InChI is InChI=1S/C12H16Br2N2O2S/c1-16(7-8-3-2-4-8)19(17,18)12-10(13)5-9(15)6-11(12)14/h5-6,8H,2-4,7,15H2,1H3. The van der Waals surface area contributed by atoms with Crippen LogP contribution in [0.3, 0.4) is 0 Å². The summed E-state index contributed by atoms with van der Waals surface area (Å²) in [4.78, 5) is 0.239. The molecule has 0 saturated heterocycles. The first-order valence-electron chi connectivity index (χ1n) is 6.03. The fourth-order valence-electron chi connectivity index (χ4n) is 2.12. The third-order valence-corrected chi connectivity index (χ3v) is 7.13. The van der Waals surface area contributed by atoms with Gasteiger partial charge in [0, 0.05) is 28.2 Å². The molecule has 1 aliphatic carbocycles. The minimum Gasteiger partial charge on any atom is -0.399 e. The Bertz CT molecular complexity index is 562. The van der Waals surface area contributed by atoms with E-state index in [9.17, 15) is 8.42 Å². The molecule has 0 bridgehead atoms. The van der Waals surface area contributed by atoms with Crippen molar-refractivity contribution >= 4 is 47.6 Å². The Morgan fingerprint density at radius 2 is 1.84 bits per heavy atom. The van der Waals surface area contributed by atoms with E-state index < -0.39 is 10.0 Å². The number of rotatable bonds is 4. The number of hydrogen-bond acceptors (Lipinski definition) is 3. The van der Waals surface area contributed by atoms with Gasteiger partial charge in [0.05, 0.1) is 0 Å². The van der Waals surface area contributed by atoms with Gasteiger partial charge < -0.3 is 5.73 Å². The maximum absolute atomic E-state index is 12.6. The molecule has 2 rings (SSSR count). The Balaban J connectivity index is 2.33. The zero-order chi connectivity index (χ0) is 14.2. The van der Waals surface area contributed by atoms with Gasteiger partial charge in [-0.05, 0) is 62.8 Å². The van der Waals surface area contributed by atoms with E-state index in [-0.39, 0.29) is 4.90 Å². The van der Waals surface area contributed by atoms with Gasteiger partial charge in [-0.15, -0.1) is 0 Å². The molecular formula is C12H16Br2N2O2S. The molecule has 1 aromatic rings. The molecule has 0 aliphatic heterocycles. The molecule has 0 spiro atoms. The zero-order valence-electron chi connectivity index (χ0n) is 10.6. The molecule has 0 heterocycles. The van der Waals surface area contributed by atoms with E-state index >= 15 is 0 Å². The number of sulfonamides is 1. The van der Waals surface area contributed by atoms with E-state index in [0.717, 1.165) is 12.8 Å². The van der Waals surface area contributed by atoms with Crippen LogP contribution in [0.25, 0.3) is 0 Å². The quantitative estimate of drug-likeness (QED) is 0.773. The SMILES string of the molecule is CN(CC1CCC1)S(=O)(=O)c1c(Br)cc(N)cc1Br. The second-order valence-electron chi connectivity index (χ2n) is 4.90. The van der Waals surface area contributed by atoms with Crippen LogP contribution in [0.1, 0.15) is 19.3 Å². The van der Waals surface area contributed by atoms with Crippen molar-refractivity contribution < 1.29 is 8.42 Å². The van der Waals surface area contributed by atoms with Crippen molar-refractivity contribution in [1.82, 2.24) is 4.31 Å². The highest BCUT2D eigenvalue weighted by Gasteiger charge is 2.29. The summed E-state index contributed by atoms with van der Waals surface area (Å²) in [7, 11) is -1.88. The first kappa shape index (κ1) is 15.3. The van der Waals surface area contributed by atoms with Gasteiger partial charge in [0.25, 0.3) is 0 Å². The summed E-state index contributed by atoms with van der Waals surface area (Å²) in [6, 6.07) is 3.21. The highest BCUT2D eigenvalue weighted by molar-refractivity contribution is 9.11. The molecular weight excluding hydrogens is 396 g/mol. The fraction of sp³-hybridized carbons (Fsp3) is 0.500. The lowest BCUT2D eigenvalue weighted by Crippen LogP contribution is -2.34. The van der Waals surface area contributed by atoms with Crippen molar-refractivity contribution in [1.29, 1.82) is 0 Å². The second-order valence-corrected chi connectivity index (χ2v) is 8.59. The molecule has 4 nitrogen and oxygen atoms in total. The monoisotopic (exact) mass is 410 g/mol. The average molecular weight is 412 g/mol. The summed E-state index contributed by atoms with van der Waals surface area (Å²) in [6.07, 6.45) is 3.43. The Kier molecular flexibility index (Phi) is 4.59. The van der Waals surface area contributed by atoms with Crippen LogP contribution in [-0.2, 0) is 10.0 Å². The third-order valence-electron chi connectivity index (χ3n) is 3.43. The molecule has 106 valence electrons. The van der Waals surface area contributed by atoms with E-state index in [1.54, 1.807) is 19.2 Å². The lowest BCUT2D eigenvalue weighted by molar-refractivity contribution is 0.263. The highest BCUT2D eigenvalue weighted by atomic mass is 79.9. The maximum Gasteiger partial charge on any atom is 0.245 e. The molecule has 1 aromatic carbocycles. The summed E-state index contributed by atoms with van der Waals surface area (Å²) < 4.78 is 27.6. The number of nitrogens with two attached hydrogens (primary N) is 1. The smallest absolute Gasteiger partial charge is 0.245 e. The molecule has 1 fully saturated rings. The zero-order valence-corrected chi connectivity index (χ0v) is 14.6. The van der Waals surface area contributed by atoms with E-state index in [2.05, 4.69) is 31.9 Å². The Labute approximate surface area is 130 Å². The topological polar surface area (TPSA) is 63.4 Å². The number of hydrogen-bond donors (Lipinski definition) is 1. The van der Waals surface area contributed by atoms with Crippen molar-refractivity contribution in [3.63, 3.8) is 0 Å². The van der Waals surface area contributed by atoms with Crippen LogP contribution in [-0.4, -0.2) is 26.3 Å². The number of anilines is 1. The highest BCUT2D eigenvalue weighted by Crippen LogP contribution is 2.35.